The summed E-state index contributed by atoms with van der Waals surface area (Å²) in [5.41, 5.74) is 13.6. The van der Waals surface area contributed by atoms with Gasteiger partial charge in [-0.3, -0.25) is 0 Å². The van der Waals surface area contributed by atoms with E-state index in [2.05, 4.69) is 214 Å². The fraction of sp³-hybridized carbons (Fsp3) is 0.231. The van der Waals surface area contributed by atoms with E-state index in [1.165, 1.54) is 88.0 Å². The summed E-state index contributed by atoms with van der Waals surface area (Å²) < 4.78 is 0. The Bertz CT molecular complexity index is 2480. The fourth-order valence-corrected chi connectivity index (χ4v) is 7.26. The van der Waals surface area contributed by atoms with E-state index >= 15 is 0 Å². The van der Waals surface area contributed by atoms with Crippen LogP contribution in [0, 0.1) is 13.8 Å². The third kappa shape index (κ3) is 10.5. The van der Waals surface area contributed by atoms with Crippen molar-refractivity contribution in [3.05, 3.63) is 168 Å². The van der Waals surface area contributed by atoms with Crippen LogP contribution in [-0.4, -0.2) is 9.52 Å². The Labute approximate surface area is 357 Å². The Balaban J connectivity index is 0.000000195. The first-order valence-corrected chi connectivity index (χ1v) is 27.6. The zero-order chi connectivity index (χ0) is 40.6. The fourth-order valence-electron chi connectivity index (χ4n) is 7.26. The van der Waals surface area contributed by atoms with Gasteiger partial charge in [0, 0.05) is 9.52 Å². The normalized spacial score (nSPS) is 11.2. The van der Waals surface area contributed by atoms with Crippen LogP contribution in [0.2, 0.25) is 13.1 Å². The molecule has 8 aromatic rings. The molecule has 0 unspecified atom stereocenters. The third-order valence-corrected chi connectivity index (χ3v) is 10.2. The van der Waals surface area contributed by atoms with Crippen LogP contribution in [0.1, 0.15) is 63.8 Å². The number of hydrogen-bond acceptors (Lipinski definition) is 0. The molecule has 56 heavy (non-hydrogen) atoms. The van der Waals surface area contributed by atoms with E-state index in [9.17, 15) is 0 Å². The van der Waals surface area contributed by atoms with Crippen LogP contribution < -0.4 is 0 Å². The minimum atomic E-state index is -0.826. The van der Waals surface area contributed by atoms with Crippen LogP contribution in [0.25, 0.3) is 65.7 Å². The molecule has 0 bridgehead atoms. The first kappa shape index (κ1) is 43.6. The molecule has 2 radical (unpaired) electrons. The summed E-state index contributed by atoms with van der Waals surface area (Å²) in [6, 6.07) is 53.7. The predicted octanol–water partition coefficient (Wildman–Crippen LogP) is 16.6. The quantitative estimate of drug-likeness (QED) is 0.123. The Morgan fingerprint density at radius 1 is 0.518 bits per heavy atom. The van der Waals surface area contributed by atoms with Crippen LogP contribution in [0.5, 0.6) is 0 Å². The van der Waals surface area contributed by atoms with Gasteiger partial charge in [0.05, 0.1) is 0 Å². The predicted molar refractivity (Wildman–Crippen MR) is 249 cm³/mol. The van der Waals surface area contributed by atoms with Crippen molar-refractivity contribution in [2.75, 3.05) is 0 Å². The van der Waals surface area contributed by atoms with E-state index in [-0.39, 0.29) is 10.8 Å². The van der Waals surface area contributed by atoms with Gasteiger partial charge < -0.3 is 0 Å². The van der Waals surface area contributed by atoms with Gasteiger partial charge in [-0.05, 0) is 43.9 Å². The van der Waals surface area contributed by atoms with Gasteiger partial charge in [0.1, 0.15) is 0 Å². The number of rotatable bonds is 3. The summed E-state index contributed by atoms with van der Waals surface area (Å²) in [5, 5.41) is 7.96. The summed E-state index contributed by atoms with van der Waals surface area (Å²) in [6.07, 6.45) is 0. The molecule has 0 N–H and O–H groups in total. The van der Waals surface area contributed by atoms with Crippen molar-refractivity contribution >= 4 is 58.9 Å². The molecular weight excluding hydrogens is 815 g/mol. The van der Waals surface area contributed by atoms with E-state index in [1.807, 2.05) is 0 Å². The van der Waals surface area contributed by atoms with Crippen molar-refractivity contribution in [2.45, 2.75) is 79.3 Å². The second kappa shape index (κ2) is 19.3. The third-order valence-electron chi connectivity index (χ3n) is 10.2. The topological polar surface area (TPSA) is 0 Å². The Kier molecular flexibility index (Phi) is 15.0. The van der Waals surface area contributed by atoms with Gasteiger partial charge in [-0.1, -0.05) is 194 Å². The number of benzene rings is 6. The molecule has 8 rings (SSSR count). The Morgan fingerprint density at radius 2 is 1.02 bits per heavy atom. The van der Waals surface area contributed by atoms with E-state index in [4.69, 9.17) is 17.0 Å². The SMILES string of the molecule is CC(C)(C)c1ccc(-c2cccc3[cH-]c(-c4cccc5ccccc45)cc23)cc1.C[Si]C.Cc1cc2c(-c3ccc(C(C)(C)C)cc3)ccc(C)c2[cH-]1.[Cl][Zr+2][Cl]. The molecule has 0 nitrogen and oxygen atoms in total. The van der Waals surface area contributed by atoms with Gasteiger partial charge in [0.2, 0.25) is 0 Å². The minimum absolute atomic E-state index is 0.173. The molecule has 0 aromatic heterocycles. The average molecular weight is 869 g/mol. The molecule has 0 aliphatic rings. The molecule has 0 amide bonds. The summed E-state index contributed by atoms with van der Waals surface area (Å²) in [7, 11) is 11.0. The maximum absolute atomic E-state index is 4.93. The van der Waals surface area contributed by atoms with Crippen molar-refractivity contribution in [1.29, 1.82) is 0 Å². The van der Waals surface area contributed by atoms with E-state index < -0.39 is 20.8 Å². The van der Waals surface area contributed by atoms with Crippen LogP contribution in [0.15, 0.2) is 146 Å². The molecule has 284 valence electrons. The second-order valence-electron chi connectivity index (χ2n) is 16.6. The van der Waals surface area contributed by atoms with Crippen molar-refractivity contribution in [1.82, 2.24) is 0 Å². The van der Waals surface area contributed by atoms with Crippen molar-refractivity contribution in [2.24, 2.45) is 0 Å². The summed E-state index contributed by atoms with van der Waals surface area (Å²) in [4.78, 5) is 0. The molecule has 0 heterocycles. The molecule has 0 aliphatic heterocycles. The molecule has 0 saturated carbocycles. The molecule has 8 aromatic carbocycles. The Morgan fingerprint density at radius 3 is 1.59 bits per heavy atom. The summed E-state index contributed by atoms with van der Waals surface area (Å²) in [6.45, 7) is 22.2. The maximum atomic E-state index is 4.93. The van der Waals surface area contributed by atoms with Gasteiger partial charge in [0.15, 0.2) is 0 Å². The van der Waals surface area contributed by atoms with Crippen LogP contribution in [-0.2, 0) is 31.7 Å². The first-order chi connectivity index (χ1) is 26.7. The van der Waals surface area contributed by atoms with Gasteiger partial charge in [0.25, 0.3) is 0 Å². The van der Waals surface area contributed by atoms with Crippen molar-refractivity contribution in [3.63, 3.8) is 0 Å². The summed E-state index contributed by atoms with van der Waals surface area (Å²) in [5.74, 6) is 0. The van der Waals surface area contributed by atoms with Gasteiger partial charge in [-0.25, -0.2) is 0 Å². The van der Waals surface area contributed by atoms with Gasteiger partial charge in [-0.15, -0.1) is 68.6 Å². The first-order valence-electron chi connectivity index (χ1n) is 19.3. The molecule has 0 aliphatic carbocycles. The zero-order valence-electron chi connectivity index (χ0n) is 34.6. The molecule has 0 fully saturated rings. The van der Waals surface area contributed by atoms with Crippen LogP contribution in [0.3, 0.4) is 0 Å². The van der Waals surface area contributed by atoms with E-state index in [1.54, 1.807) is 0 Å². The van der Waals surface area contributed by atoms with Gasteiger partial charge in [-0.2, -0.15) is 6.07 Å². The molecule has 4 heteroatoms. The molecular formula is C52H54Cl2SiZr. The van der Waals surface area contributed by atoms with E-state index in [0.29, 0.717) is 0 Å². The van der Waals surface area contributed by atoms with Crippen LogP contribution in [0.4, 0.5) is 0 Å². The van der Waals surface area contributed by atoms with Crippen molar-refractivity contribution < 1.29 is 20.8 Å². The second-order valence-corrected chi connectivity index (χ2v) is 21.3. The van der Waals surface area contributed by atoms with Crippen molar-refractivity contribution in [3.8, 4) is 33.4 Å². The monoisotopic (exact) mass is 866 g/mol. The number of fused-ring (bicyclic) bond motifs is 3. The molecule has 0 spiro atoms. The standard InChI is InChI=1S/C29H25.C21H23.C2H6Si.2ClH.Zr/c1-29(2,3)24-16-14-21(15-17-24)26-12-7-10-22-18-23(19-28(22)26)27-13-6-9-20-8-4-5-11-25(20)27;1-14-12-19-15(2)6-11-18(20(19)13-14)16-7-9-17(10-8-16)21(3,4)5;1-3-2;;;/h4-19H,1-3H3;6-13H,1-5H3;1-2H3;2*1H;/q2*-1;;;;+4/p-2. The molecule has 0 saturated heterocycles. The van der Waals surface area contributed by atoms with E-state index in [0.717, 1.165) is 9.52 Å². The number of hydrogen-bond donors (Lipinski definition) is 0. The molecule has 0 atom stereocenters. The number of aryl methyl sites for hydroxylation is 2. The number of halogens is 2. The summed E-state index contributed by atoms with van der Waals surface area (Å²) >= 11 is -0.826. The average Bonchev–Trinajstić information content (AvgIpc) is 3.79. The van der Waals surface area contributed by atoms with Crippen LogP contribution >= 0.6 is 17.0 Å². The zero-order valence-corrected chi connectivity index (χ0v) is 39.6. The van der Waals surface area contributed by atoms with Gasteiger partial charge >= 0.3 is 37.9 Å². The Hall–Kier alpha value is -3.52.